The van der Waals surface area contributed by atoms with Crippen molar-refractivity contribution in [2.75, 3.05) is 64.3 Å². The molecule has 1 N–H and O–H groups in total. The Bertz CT molecular complexity index is 618. The molecular weight excluding hydrogens is 356 g/mol. The predicted octanol–water partition coefficient (Wildman–Crippen LogP) is 2.28. The third kappa shape index (κ3) is 4.93. The molecule has 7 heteroatoms. The van der Waals surface area contributed by atoms with Gasteiger partial charge < -0.3 is 20.0 Å². The first-order valence-corrected chi connectivity index (χ1v) is 11.6. The molecule has 0 spiro atoms. The van der Waals surface area contributed by atoms with Crippen LogP contribution in [0.1, 0.15) is 37.8 Å². The number of rotatable bonds is 6. The van der Waals surface area contributed by atoms with Crippen molar-refractivity contribution in [3.8, 4) is 0 Å². The molecule has 0 amide bonds. The van der Waals surface area contributed by atoms with E-state index in [-0.39, 0.29) is 0 Å². The fraction of sp³-hybridized carbons (Fsp3) is 0.800. The van der Waals surface area contributed by atoms with Gasteiger partial charge >= 0.3 is 0 Å². The quantitative estimate of drug-likeness (QED) is 0.596. The number of thiazole rings is 1. The van der Waals surface area contributed by atoms with Crippen LogP contribution in [0.4, 0.5) is 5.13 Å². The molecule has 1 aromatic heterocycles. The van der Waals surface area contributed by atoms with Crippen LogP contribution in [0.5, 0.6) is 0 Å². The summed E-state index contributed by atoms with van der Waals surface area (Å²) in [5.74, 6) is 1.86. The van der Waals surface area contributed by atoms with Crippen LogP contribution in [0.25, 0.3) is 0 Å². The lowest BCUT2D eigenvalue weighted by Gasteiger charge is -2.23. The van der Waals surface area contributed by atoms with Crippen molar-refractivity contribution in [2.24, 2.45) is 10.9 Å². The first-order chi connectivity index (χ1) is 13.3. The molecule has 3 aliphatic rings. The van der Waals surface area contributed by atoms with Gasteiger partial charge in [-0.3, -0.25) is 4.99 Å². The van der Waals surface area contributed by atoms with E-state index < -0.39 is 0 Å². The monoisotopic (exact) mass is 390 g/mol. The summed E-state index contributed by atoms with van der Waals surface area (Å²) in [6.45, 7) is 9.40. The maximum absolute atomic E-state index is 4.83. The van der Waals surface area contributed by atoms with Crippen LogP contribution in [0.15, 0.2) is 10.4 Å². The van der Waals surface area contributed by atoms with Gasteiger partial charge in [-0.05, 0) is 51.1 Å². The molecule has 0 saturated carbocycles. The number of anilines is 1. The van der Waals surface area contributed by atoms with Gasteiger partial charge in [0.25, 0.3) is 0 Å². The van der Waals surface area contributed by atoms with Crippen LogP contribution in [0.3, 0.4) is 0 Å². The highest BCUT2D eigenvalue weighted by atomic mass is 32.1. The van der Waals surface area contributed by atoms with Gasteiger partial charge in [0, 0.05) is 58.1 Å². The lowest BCUT2D eigenvalue weighted by atomic mass is 10.1. The highest BCUT2D eigenvalue weighted by molar-refractivity contribution is 7.13. The number of nitrogens with one attached hydrogen (secondary N) is 1. The van der Waals surface area contributed by atoms with Gasteiger partial charge in [0.15, 0.2) is 11.1 Å². The Morgan fingerprint density at radius 3 is 2.74 bits per heavy atom. The van der Waals surface area contributed by atoms with Crippen molar-refractivity contribution in [1.82, 2.24) is 20.1 Å². The van der Waals surface area contributed by atoms with Crippen LogP contribution >= 0.6 is 11.3 Å². The minimum absolute atomic E-state index is 0.795. The lowest BCUT2D eigenvalue weighted by Crippen LogP contribution is -2.41. The standard InChI is InChI=1S/C20H34N6S/c1-21-19(26-13-7-17(15-26)14-24-9-2-3-10-24)22-8-6-18-16-27-20(23-18)25-11-4-5-12-25/h16-17H,2-15H2,1H3,(H,21,22). The first-order valence-electron chi connectivity index (χ1n) is 10.7. The smallest absolute Gasteiger partial charge is 0.193 e. The topological polar surface area (TPSA) is 47.0 Å². The molecule has 0 aliphatic carbocycles. The van der Waals surface area contributed by atoms with Crippen LogP contribution < -0.4 is 10.2 Å². The van der Waals surface area contributed by atoms with E-state index in [0.717, 1.165) is 37.9 Å². The van der Waals surface area contributed by atoms with Crippen molar-refractivity contribution >= 4 is 22.4 Å². The SMILES string of the molecule is CN=C(NCCc1csc(N2CCCC2)n1)N1CCC(CN2CCCC2)C1. The molecule has 1 atom stereocenters. The van der Waals surface area contributed by atoms with E-state index in [4.69, 9.17) is 4.98 Å². The number of hydrogen-bond donors (Lipinski definition) is 1. The van der Waals surface area contributed by atoms with Crippen molar-refractivity contribution in [3.05, 3.63) is 11.1 Å². The zero-order chi connectivity index (χ0) is 18.5. The van der Waals surface area contributed by atoms with E-state index in [1.165, 1.54) is 75.7 Å². The molecule has 4 heterocycles. The Balaban J connectivity index is 1.20. The molecule has 0 aromatic carbocycles. The summed E-state index contributed by atoms with van der Waals surface area (Å²) < 4.78 is 0. The summed E-state index contributed by atoms with van der Waals surface area (Å²) in [5.41, 5.74) is 1.21. The van der Waals surface area contributed by atoms with E-state index in [9.17, 15) is 0 Å². The first kappa shape index (κ1) is 19.0. The molecule has 0 bridgehead atoms. The van der Waals surface area contributed by atoms with E-state index >= 15 is 0 Å². The maximum atomic E-state index is 4.83. The predicted molar refractivity (Wildman–Crippen MR) is 114 cm³/mol. The molecule has 3 aliphatic heterocycles. The van der Waals surface area contributed by atoms with Crippen molar-refractivity contribution < 1.29 is 0 Å². The summed E-state index contributed by atoms with van der Waals surface area (Å²) in [4.78, 5) is 16.9. The summed E-state index contributed by atoms with van der Waals surface area (Å²) in [7, 11) is 1.91. The van der Waals surface area contributed by atoms with Crippen molar-refractivity contribution in [2.45, 2.75) is 38.5 Å². The summed E-state index contributed by atoms with van der Waals surface area (Å²) >= 11 is 1.79. The largest absolute Gasteiger partial charge is 0.356 e. The minimum atomic E-state index is 0.795. The second kappa shape index (κ2) is 9.24. The highest BCUT2D eigenvalue weighted by Crippen LogP contribution is 2.24. The maximum Gasteiger partial charge on any atom is 0.193 e. The number of aromatic nitrogens is 1. The third-order valence-corrected chi connectivity index (χ3v) is 7.04. The van der Waals surface area contributed by atoms with E-state index in [1.54, 1.807) is 11.3 Å². The average Bonchev–Trinajstić information content (AvgIpc) is 3.47. The van der Waals surface area contributed by atoms with Gasteiger partial charge in [-0.1, -0.05) is 0 Å². The van der Waals surface area contributed by atoms with E-state index in [0.29, 0.717) is 0 Å². The Labute approximate surface area is 167 Å². The number of nitrogens with zero attached hydrogens (tertiary/aromatic N) is 5. The zero-order valence-electron chi connectivity index (χ0n) is 16.7. The van der Waals surface area contributed by atoms with Gasteiger partial charge in [0.05, 0.1) is 5.69 Å². The van der Waals surface area contributed by atoms with Crippen LogP contribution in [0, 0.1) is 5.92 Å². The van der Waals surface area contributed by atoms with E-state index in [2.05, 4.69) is 30.4 Å². The van der Waals surface area contributed by atoms with Gasteiger partial charge in [-0.15, -0.1) is 11.3 Å². The molecule has 1 unspecified atom stereocenters. The van der Waals surface area contributed by atoms with Crippen LogP contribution in [-0.2, 0) is 6.42 Å². The second-order valence-corrected chi connectivity index (χ2v) is 8.98. The lowest BCUT2D eigenvalue weighted by molar-refractivity contribution is 0.281. The Hall–Kier alpha value is -1.34. The number of likely N-dealkylation sites (tertiary alicyclic amines) is 2. The molecule has 150 valence electrons. The van der Waals surface area contributed by atoms with Crippen LogP contribution in [-0.4, -0.2) is 80.1 Å². The third-order valence-electron chi connectivity index (χ3n) is 6.09. The molecule has 3 saturated heterocycles. The van der Waals surface area contributed by atoms with Gasteiger partial charge in [-0.2, -0.15) is 0 Å². The normalized spacial score (nSPS) is 24.3. The number of aliphatic imine (C=N–C) groups is 1. The Morgan fingerprint density at radius 1 is 1.19 bits per heavy atom. The molecule has 3 fully saturated rings. The van der Waals surface area contributed by atoms with E-state index in [1.807, 2.05) is 7.05 Å². The summed E-state index contributed by atoms with van der Waals surface area (Å²) in [5, 5.41) is 6.99. The second-order valence-electron chi connectivity index (χ2n) is 8.15. The Kier molecular flexibility index (Phi) is 6.50. The van der Waals surface area contributed by atoms with Gasteiger partial charge in [-0.25, -0.2) is 4.98 Å². The fourth-order valence-corrected chi connectivity index (χ4v) is 5.52. The molecule has 6 nitrogen and oxygen atoms in total. The molecule has 0 radical (unpaired) electrons. The molecular formula is C20H34N6S. The summed E-state index contributed by atoms with van der Waals surface area (Å²) in [6, 6.07) is 0. The highest BCUT2D eigenvalue weighted by Gasteiger charge is 2.27. The van der Waals surface area contributed by atoms with Gasteiger partial charge in [0.1, 0.15) is 0 Å². The van der Waals surface area contributed by atoms with Gasteiger partial charge in [0.2, 0.25) is 0 Å². The molecule has 4 rings (SSSR count). The molecule has 1 aromatic rings. The minimum Gasteiger partial charge on any atom is -0.356 e. The van der Waals surface area contributed by atoms with Crippen molar-refractivity contribution in [1.29, 1.82) is 0 Å². The van der Waals surface area contributed by atoms with Crippen LogP contribution in [0.2, 0.25) is 0 Å². The number of guanidine groups is 1. The van der Waals surface area contributed by atoms with Crippen molar-refractivity contribution in [3.63, 3.8) is 0 Å². The fourth-order valence-electron chi connectivity index (χ4n) is 4.60. The molecule has 27 heavy (non-hydrogen) atoms. The average molecular weight is 391 g/mol. The Morgan fingerprint density at radius 2 is 1.96 bits per heavy atom. The summed E-state index contributed by atoms with van der Waals surface area (Å²) in [6.07, 6.45) is 7.64. The number of hydrogen-bond acceptors (Lipinski definition) is 5. The zero-order valence-corrected chi connectivity index (χ0v) is 17.5.